The standard InChI is InChI=1S/C25H17NO/c1-27-19-15-13-18(14-16-19)7-6-12-24-22-10-3-2-8-20(22)21-9-4-5-11-23(21)25(24)17-26/h2-5,8-11,13-16H,12H2,1H3. The van der Waals surface area contributed by atoms with Gasteiger partial charge in [0.1, 0.15) is 11.8 Å². The van der Waals surface area contributed by atoms with Gasteiger partial charge in [0.2, 0.25) is 0 Å². The van der Waals surface area contributed by atoms with E-state index < -0.39 is 0 Å². The van der Waals surface area contributed by atoms with Crippen LogP contribution in [0.15, 0.2) is 72.8 Å². The van der Waals surface area contributed by atoms with Crippen LogP contribution < -0.4 is 4.74 Å². The molecule has 0 bridgehead atoms. The van der Waals surface area contributed by atoms with Gasteiger partial charge in [-0.1, -0.05) is 60.4 Å². The highest BCUT2D eigenvalue weighted by Crippen LogP contribution is 2.32. The van der Waals surface area contributed by atoms with Crippen molar-refractivity contribution in [2.24, 2.45) is 0 Å². The molecule has 0 heterocycles. The SMILES string of the molecule is COc1ccc(C#CCc2c(C#N)c3ccccc3c3ccccc23)cc1. The zero-order valence-corrected chi connectivity index (χ0v) is 15.0. The smallest absolute Gasteiger partial charge is 0.118 e. The number of hydrogen-bond donors (Lipinski definition) is 0. The molecule has 0 saturated carbocycles. The van der Waals surface area contributed by atoms with Gasteiger partial charge in [0.25, 0.3) is 0 Å². The lowest BCUT2D eigenvalue weighted by molar-refractivity contribution is 0.415. The molecule has 128 valence electrons. The summed E-state index contributed by atoms with van der Waals surface area (Å²) in [7, 11) is 1.65. The van der Waals surface area contributed by atoms with Crippen molar-refractivity contribution in [3.05, 3.63) is 89.5 Å². The van der Waals surface area contributed by atoms with Crippen molar-refractivity contribution < 1.29 is 4.74 Å². The number of methoxy groups -OCH3 is 1. The number of fused-ring (bicyclic) bond motifs is 3. The maximum Gasteiger partial charge on any atom is 0.118 e. The van der Waals surface area contributed by atoms with Crippen molar-refractivity contribution in [3.63, 3.8) is 0 Å². The van der Waals surface area contributed by atoms with E-state index in [9.17, 15) is 5.26 Å². The fraction of sp³-hybridized carbons (Fsp3) is 0.0800. The molecular formula is C25H17NO. The molecule has 4 aromatic carbocycles. The number of benzene rings is 4. The third-order valence-electron chi connectivity index (χ3n) is 4.74. The summed E-state index contributed by atoms with van der Waals surface area (Å²) in [5.74, 6) is 7.25. The Morgan fingerprint density at radius 1 is 0.778 bits per heavy atom. The van der Waals surface area contributed by atoms with Crippen LogP contribution in [0.4, 0.5) is 0 Å². The fourth-order valence-electron chi connectivity index (χ4n) is 3.43. The highest BCUT2D eigenvalue weighted by atomic mass is 16.5. The summed E-state index contributed by atoms with van der Waals surface area (Å²) in [6.45, 7) is 0. The van der Waals surface area contributed by atoms with E-state index in [1.54, 1.807) is 7.11 Å². The molecule has 0 spiro atoms. The van der Waals surface area contributed by atoms with Gasteiger partial charge in [0, 0.05) is 17.4 Å². The predicted molar refractivity (Wildman–Crippen MR) is 110 cm³/mol. The number of nitrogens with zero attached hydrogens (tertiary/aromatic N) is 1. The summed E-state index contributed by atoms with van der Waals surface area (Å²) in [4.78, 5) is 0. The van der Waals surface area contributed by atoms with Crippen LogP contribution in [0.1, 0.15) is 16.7 Å². The normalized spacial score (nSPS) is 10.2. The van der Waals surface area contributed by atoms with Gasteiger partial charge in [-0.05, 0) is 46.0 Å². The average Bonchev–Trinajstić information content (AvgIpc) is 2.74. The maximum absolute atomic E-state index is 9.84. The van der Waals surface area contributed by atoms with Crippen molar-refractivity contribution in [1.82, 2.24) is 0 Å². The monoisotopic (exact) mass is 347 g/mol. The van der Waals surface area contributed by atoms with Gasteiger partial charge in [0.15, 0.2) is 0 Å². The Labute approximate surface area is 158 Å². The van der Waals surface area contributed by atoms with E-state index in [-0.39, 0.29) is 0 Å². The molecule has 0 aliphatic rings. The van der Waals surface area contributed by atoms with E-state index >= 15 is 0 Å². The quantitative estimate of drug-likeness (QED) is 0.356. The van der Waals surface area contributed by atoms with Crippen molar-refractivity contribution in [3.8, 4) is 23.7 Å². The third kappa shape index (κ3) is 3.10. The molecule has 4 rings (SSSR count). The molecule has 0 saturated heterocycles. The zero-order valence-electron chi connectivity index (χ0n) is 15.0. The van der Waals surface area contributed by atoms with Gasteiger partial charge in [0.05, 0.1) is 12.7 Å². The Morgan fingerprint density at radius 2 is 1.37 bits per heavy atom. The number of hydrogen-bond acceptors (Lipinski definition) is 2. The van der Waals surface area contributed by atoms with Gasteiger partial charge in [-0.15, -0.1) is 0 Å². The Balaban J connectivity index is 1.83. The third-order valence-corrected chi connectivity index (χ3v) is 4.74. The zero-order chi connectivity index (χ0) is 18.6. The van der Waals surface area contributed by atoms with Crippen LogP contribution in [0, 0.1) is 23.2 Å². The largest absolute Gasteiger partial charge is 0.497 e. The molecule has 0 aliphatic heterocycles. The van der Waals surface area contributed by atoms with E-state index in [0.29, 0.717) is 12.0 Å². The molecule has 27 heavy (non-hydrogen) atoms. The minimum Gasteiger partial charge on any atom is -0.497 e. The molecule has 2 nitrogen and oxygen atoms in total. The summed E-state index contributed by atoms with van der Waals surface area (Å²) in [5, 5.41) is 14.2. The van der Waals surface area contributed by atoms with Gasteiger partial charge in [-0.2, -0.15) is 5.26 Å². The Kier molecular flexibility index (Phi) is 4.48. The number of ether oxygens (including phenoxy) is 1. The Hall–Kier alpha value is -3.75. The second-order valence-corrected chi connectivity index (χ2v) is 6.26. The van der Waals surface area contributed by atoms with E-state index in [2.05, 4.69) is 36.1 Å². The Bertz CT molecular complexity index is 1240. The summed E-state index contributed by atoms with van der Waals surface area (Å²) in [6, 6.07) is 26.4. The minimum atomic E-state index is 0.528. The highest BCUT2D eigenvalue weighted by molar-refractivity contribution is 6.11. The fourth-order valence-corrected chi connectivity index (χ4v) is 3.43. The van der Waals surface area contributed by atoms with Crippen LogP contribution in [0.3, 0.4) is 0 Å². The number of nitriles is 1. The van der Waals surface area contributed by atoms with Crippen LogP contribution in [-0.2, 0) is 6.42 Å². The van der Waals surface area contributed by atoms with Crippen LogP contribution in [0.5, 0.6) is 5.75 Å². The first-order valence-corrected chi connectivity index (χ1v) is 8.77. The van der Waals surface area contributed by atoms with Crippen LogP contribution in [-0.4, -0.2) is 7.11 Å². The minimum absolute atomic E-state index is 0.528. The number of rotatable bonds is 2. The van der Waals surface area contributed by atoms with Crippen molar-refractivity contribution >= 4 is 21.5 Å². The predicted octanol–water partition coefficient (Wildman–Crippen LogP) is 5.47. The first-order chi connectivity index (χ1) is 13.3. The summed E-state index contributed by atoms with van der Waals surface area (Å²) in [5.41, 5.74) is 2.64. The molecule has 0 radical (unpaired) electrons. The van der Waals surface area contributed by atoms with E-state index in [0.717, 1.165) is 38.4 Å². The topological polar surface area (TPSA) is 33.0 Å². The van der Waals surface area contributed by atoms with Crippen LogP contribution in [0.2, 0.25) is 0 Å². The first kappa shape index (κ1) is 16.7. The van der Waals surface area contributed by atoms with Crippen LogP contribution >= 0.6 is 0 Å². The molecule has 4 aromatic rings. The molecule has 0 unspecified atom stereocenters. The lowest BCUT2D eigenvalue weighted by atomic mass is 9.91. The lowest BCUT2D eigenvalue weighted by Crippen LogP contribution is -1.94. The molecule has 0 amide bonds. The molecule has 0 aliphatic carbocycles. The summed E-state index contributed by atoms with van der Waals surface area (Å²) >= 11 is 0. The lowest BCUT2D eigenvalue weighted by Gasteiger charge is -2.11. The van der Waals surface area contributed by atoms with Gasteiger partial charge < -0.3 is 4.74 Å². The van der Waals surface area contributed by atoms with Crippen molar-refractivity contribution in [2.75, 3.05) is 7.11 Å². The average molecular weight is 347 g/mol. The second-order valence-electron chi connectivity index (χ2n) is 6.26. The Morgan fingerprint density at radius 3 is 2.00 bits per heavy atom. The first-order valence-electron chi connectivity index (χ1n) is 8.77. The molecule has 0 atom stereocenters. The van der Waals surface area contributed by atoms with E-state index in [1.165, 1.54) is 0 Å². The molecular weight excluding hydrogens is 330 g/mol. The molecule has 0 aromatic heterocycles. The highest BCUT2D eigenvalue weighted by Gasteiger charge is 2.12. The van der Waals surface area contributed by atoms with Crippen molar-refractivity contribution in [2.45, 2.75) is 6.42 Å². The van der Waals surface area contributed by atoms with Gasteiger partial charge in [-0.25, -0.2) is 0 Å². The second kappa shape index (κ2) is 7.24. The van der Waals surface area contributed by atoms with Crippen molar-refractivity contribution in [1.29, 1.82) is 5.26 Å². The summed E-state index contributed by atoms with van der Waals surface area (Å²) < 4.78 is 5.18. The van der Waals surface area contributed by atoms with Crippen LogP contribution in [0.25, 0.3) is 21.5 Å². The summed E-state index contributed by atoms with van der Waals surface area (Å²) in [6.07, 6.45) is 0.528. The molecule has 2 heteroatoms. The molecule has 0 N–H and O–H groups in total. The van der Waals surface area contributed by atoms with Gasteiger partial charge >= 0.3 is 0 Å². The maximum atomic E-state index is 9.84. The van der Waals surface area contributed by atoms with E-state index in [4.69, 9.17) is 4.74 Å². The molecule has 0 fully saturated rings. The van der Waals surface area contributed by atoms with Gasteiger partial charge in [-0.3, -0.25) is 0 Å². The van der Waals surface area contributed by atoms with E-state index in [1.807, 2.05) is 54.6 Å².